The molecule has 0 amide bonds. The van der Waals surface area contributed by atoms with Gasteiger partial charge < -0.3 is 9.97 Å². The monoisotopic (exact) mass is 305 g/mol. The number of rotatable bonds is 4. The fraction of sp³-hybridized carbons (Fsp3) is 0.111. The zero-order valence-electron chi connectivity index (χ0n) is 12.4. The SMILES string of the molecule is O=[N+]([O-])c1cccc2[nH]cc(CCc3c[nH]c4ccccc34)c12. The van der Waals surface area contributed by atoms with Gasteiger partial charge in [0.2, 0.25) is 0 Å². The predicted octanol–water partition coefficient (Wildman–Crippen LogP) is 4.34. The normalized spacial score (nSPS) is 11.3. The zero-order valence-corrected chi connectivity index (χ0v) is 12.4. The maximum atomic E-state index is 11.3. The summed E-state index contributed by atoms with van der Waals surface area (Å²) in [7, 11) is 0. The smallest absolute Gasteiger partial charge is 0.279 e. The lowest BCUT2D eigenvalue weighted by Crippen LogP contribution is -1.93. The molecule has 0 saturated carbocycles. The van der Waals surface area contributed by atoms with Gasteiger partial charge in [0.25, 0.3) is 5.69 Å². The Morgan fingerprint density at radius 1 is 0.870 bits per heavy atom. The van der Waals surface area contributed by atoms with E-state index in [0.29, 0.717) is 0 Å². The van der Waals surface area contributed by atoms with E-state index in [1.807, 2.05) is 30.6 Å². The van der Waals surface area contributed by atoms with Gasteiger partial charge in [-0.3, -0.25) is 10.1 Å². The number of aromatic nitrogens is 2. The number of nitrogens with one attached hydrogen (secondary N) is 2. The number of nitro benzene ring substituents is 1. The first-order chi connectivity index (χ1) is 11.2. The number of fused-ring (bicyclic) bond motifs is 2. The molecule has 114 valence electrons. The number of H-pyrrole nitrogens is 2. The number of aryl methyl sites for hydroxylation is 2. The number of para-hydroxylation sites is 1. The van der Waals surface area contributed by atoms with Gasteiger partial charge in [-0.1, -0.05) is 24.3 Å². The van der Waals surface area contributed by atoms with Crippen LogP contribution in [0.3, 0.4) is 0 Å². The molecule has 0 fully saturated rings. The van der Waals surface area contributed by atoms with E-state index in [4.69, 9.17) is 0 Å². The van der Waals surface area contributed by atoms with Gasteiger partial charge in [0.15, 0.2) is 0 Å². The zero-order chi connectivity index (χ0) is 15.8. The number of hydrogen-bond donors (Lipinski definition) is 2. The summed E-state index contributed by atoms with van der Waals surface area (Å²) >= 11 is 0. The standard InChI is InChI=1S/C18H15N3O2/c22-21(23)17-7-3-6-16-18(17)13(11-20-16)9-8-12-10-19-15-5-2-1-4-14(12)15/h1-7,10-11,19-20H,8-9H2. The molecule has 23 heavy (non-hydrogen) atoms. The Labute approximate surface area is 132 Å². The molecule has 4 aromatic rings. The second-order valence-corrected chi connectivity index (χ2v) is 5.63. The van der Waals surface area contributed by atoms with Gasteiger partial charge >= 0.3 is 0 Å². The van der Waals surface area contributed by atoms with E-state index in [1.54, 1.807) is 12.1 Å². The Hall–Kier alpha value is -3.08. The van der Waals surface area contributed by atoms with Gasteiger partial charge in [0.05, 0.1) is 15.8 Å². The van der Waals surface area contributed by atoms with Gasteiger partial charge in [-0.2, -0.15) is 0 Å². The third-order valence-corrected chi connectivity index (χ3v) is 4.30. The average Bonchev–Trinajstić information content (AvgIpc) is 3.16. The highest BCUT2D eigenvalue weighted by molar-refractivity contribution is 5.92. The van der Waals surface area contributed by atoms with Crippen molar-refractivity contribution in [1.82, 2.24) is 9.97 Å². The van der Waals surface area contributed by atoms with Crippen LogP contribution in [0.1, 0.15) is 11.1 Å². The van der Waals surface area contributed by atoms with Crippen LogP contribution in [0.2, 0.25) is 0 Å². The highest BCUT2D eigenvalue weighted by atomic mass is 16.6. The molecule has 0 bridgehead atoms. The van der Waals surface area contributed by atoms with E-state index in [1.165, 1.54) is 10.9 Å². The van der Waals surface area contributed by atoms with Gasteiger partial charge in [-0.15, -0.1) is 0 Å². The van der Waals surface area contributed by atoms with Crippen molar-refractivity contribution in [2.24, 2.45) is 0 Å². The molecule has 0 spiro atoms. The molecule has 0 atom stereocenters. The molecule has 0 aliphatic carbocycles. The van der Waals surface area contributed by atoms with Crippen molar-refractivity contribution in [3.05, 3.63) is 76.1 Å². The highest BCUT2D eigenvalue weighted by Gasteiger charge is 2.16. The molecule has 0 aliphatic heterocycles. The molecule has 2 aromatic heterocycles. The van der Waals surface area contributed by atoms with Crippen molar-refractivity contribution in [1.29, 1.82) is 0 Å². The topological polar surface area (TPSA) is 74.7 Å². The van der Waals surface area contributed by atoms with Crippen LogP contribution in [0.25, 0.3) is 21.8 Å². The minimum Gasteiger partial charge on any atom is -0.361 e. The van der Waals surface area contributed by atoms with Crippen LogP contribution in [0.4, 0.5) is 5.69 Å². The molecule has 2 N–H and O–H groups in total. The minimum atomic E-state index is -0.314. The first kappa shape index (κ1) is 13.6. The minimum absolute atomic E-state index is 0.165. The second-order valence-electron chi connectivity index (χ2n) is 5.63. The van der Waals surface area contributed by atoms with Crippen LogP contribution >= 0.6 is 0 Å². The molecular weight excluding hydrogens is 290 g/mol. The van der Waals surface area contributed by atoms with Crippen LogP contribution in [0, 0.1) is 10.1 Å². The van der Waals surface area contributed by atoms with E-state index >= 15 is 0 Å². The quantitative estimate of drug-likeness (QED) is 0.434. The summed E-state index contributed by atoms with van der Waals surface area (Å²) in [5, 5.41) is 13.2. The molecule has 2 aromatic carbocycles. The molecular formula is C18H15N3O2. The van der Waals surface area contributed by atoms with Crippen LogP contribution < -0.4 is 0 Å². The number of nitrogens with zero attached hydrogens (tertiary/aromatic N) is 1. The number of hydrogen-bond acceptors (Lipinski definition) is 2. The maximum absolute atomic E-state index is 11.3. The van der Waals surface area contributed by atoms with Crippen molar-refractivity contribution in [2.45, 2.75) is 12.8 Å². The molecule has 5 nitrogen and oxygen atoms in total. The van der Waals surface area contributed by atoms with Crippen molar-refractivity contribution >= 4 is 27.5 Å². The van der Waals surface area contributed by atoms with E-state index in [0.717, 1.165) is 34.8 Å². The van der Waals surface area contributed by atoms with Crippen LogP contribution in [-0.4, -0.2) is 14.9 Å². The van der Waals surface area contributed by atoms with Gasteiger partial charge in [-0.05, 0) is 36.1 Å². The summed E-state index contributed by atoms with van der Waals surface area (Å²) in [4.78, 5) is 17.4. The number of aromatic amines is 2. The highest BCUT2D eigenvalue weighted by Crippen LogP contribution is 2.30. The van der Waals surface area contributed by atoms with E-state index in [-0.39, 0.29) is 10.6 Å². The molecule has 0 radical (unpaired) electrons. The first-order valence-corrected chi connectivity index (χ1v) is 7.52. The maximum Gasteiger partial charge on any atom is 0.279 e. The van der Waals surface area contributed by atoms with Crippen molar-refractivity contribution in [2.75, 3.05) is 0 Å². The van der Waals surface area contributed by atoms with Crippen molar-refractivity contribution in [3.63, 3.8) is 0 Å². The van der Waals surface area contributed by atoms with Gasteiger partial charge in [-0.25, -0.2) is 0 Å². The van der Waals surface area contributed by atoms with E-state index < -0.39 is 0 Å². The fourth-order valence-corrected chi connectivity index (χ4v) is 3.19. The fourth-order valence-electron chi connectivity index (χ4n) is 3.19. The van der Waals surface area contributed by atoms with Crippen molar-refractivity contribution in [3.8, 4) is 0 Å². The summed E-state index contributed by atoms with van der Waals surface area (Å²) < 4.78 is 0. The van der Waals surface area contributed by atoms with Gasteiger partial charge in [0, 0.05) is 29.4 Å². The Balaban J connectivity index is 1.69. The Bertz CT molecular complexity index is 1010. The molecule has 5 heteroatoms. The molecule has 2 heterocycles. The van der Waals surface area contributed by atoms with Crippen LogP contribution in [-0.2, 0) is 12.8 Å². The lowest BCUT2D eigenvalue weighted by molar-refractivity contribution is -0.383. The predicted molar refractivity (Wildman–Crippen MR) is 90.7 cm³/mol. The number of benzene rings is 2. The molecule has 0 unspecified atom stereocenters. The van der Waals surface area contributed by atoms with Crippen LogP contribution in [0.15, 0.2) is 54.9 Å². The second kappa shape index (κ2) is 5.28. The lowest BCUT2D eigenvalue weighted by Gasteiger charge is -2.01. The number of non-ortho nitro benzene ring substituents is 1. The molecule has 0 aliphatic rings. The van der Waals surface area contributed by atoms with E-state index in [2.05, 4.69) is 22.1 Å². The third-order valence-electron chi connectivity index (χ3n) is 4.30. The first-order valence-electron chi connectivity index (χ1n) is 7.52. The summed E-state index contributed by atoms with van der Waals surface area (Å²) in [6.07, 6.45) is 5.50. The Morgan fingerprint density at radius 3 is 2.43 bits per heavy atom. The third kappa shape index (κ3) is 2.26. The summed E-state index contributed by atoms with van der Waals surface area (Å²) in [6.45, 7) is 0. The summed E-state index contributed by atoms with van der Waals surface area (Å²) in [5.41, 5.74) is 4.31. The molecule has 0 saturated heterocycles. The van der Waals surface area contributed by atoms with Crippen LogP contribution in [0.5, 0.6) is 0 Å². The number of nitro groups is 1. The van der Waals surface area contributed by atoms with Gasteiger partial charge in [0.1, 0.15) is 0 Å². The Morgan fingerprint density at radius 2 is 1.57 bits per heavy atom. The largest absolute Gasteiger partial charge is 0.361 e. The lowest BCUT2D eigenvalue weighted by atomic mass is 10.0. The van der Waals surface area contributed by atoms with Crippen molar-refractivity contribution < 1.29 is 4.92 Å². The summed E-state index contributed by atoms with van der Waals surface area (Å²) in [5.74, 6) is 0. The summed E-state index contributed by atoms with van der Waals surface area (Å²) in [6, 6.07) is 13.3. The van der Waals surface area contributed by atoms with E-state index in [9.17, 15) is 10.1 Å². The Kier molecular flexibility index (Phi) is 3.12. The molecule has 4 rings (SSSR count). The average molecular weight is 305 g/mol.